The number of hydrogen-bond acceptors (Lipinski definition) is 7. The third-order valence-electron chi connectivity index (χ3n) is 7.52. The van der Waals surface area contributed by atoms with Crippen molar-refractivity contribution in [1.29, 1.82) is 0 Å². The molecule has 1 aromatic carbocycles. The van der Waals surface area contributed by atoms with E-state index < -0.39 is 23.7 Å². The Morgan fingerprint density at radius 1 is 1.12 bits per heavy atom. The largest absolute Gasteiger partial charge is 0.465 e. The Bertz CT molecular complexity index is 1370. The summed E-state index contributed by atoms with van der Waals surface area (Å²) in [5.74, 6) is -0.267. The molecule has 2 amide bonds. The summed E-state index contributed by atoms with van der Waals surface area (Å²) >= 11 is 1.36. The number of likely N-dealkylation sites (tertiary alicyclic amines) is 1. The highest BCUT2D eigenvalue weighted by Gasteiger charge is 2.41. The van der Waals surface area contributed by atoms with Gasteiger partial charge in [-0.15, -0.1) is 11.3 Å². The maximum absolute atomic E-state index is 12.3. The van der Waals surface area contributed by atoms with Crippen molar-refractivity contribution in [3.63, 3.8) is 0 Å². The molecule has 1 fully saturated rings. The summed E-state index contributed by atoms with van der Waals surface area (Å²) in [6.07, 6.45) is -0.744. The van der Waals surface area contributed by atoms with Crippen LogP contribution in [0.2, 0.25) is 0 Å². The molecule has 1 aliphatic heterocycles. The second-order valence-corrected chi connectivity index (χ2v) is 13.1. The van der Waals surface area contributed by atoms with E-state index in [-0.39, 0.29) is 17.4 Å². The monoisotopic (exact) mass is 566 g/mol. The molecule has 4 rings (SSSR count). The van der Waals surface area contributed by atoms with Crippen molar-refractivity contribution in [2.75, 3.05) is 11.9 Å². The highest BCUT2D eigenvalue weighted by molar-refractivity contribution is 7.19. The first-order valence-electron chi connectivity index (χ1n) is 13.3. The van der Waals surface area contributed by atoms with Gasteiger partial charge in [-0.25, -0.2) is 9.78 Å². The number of benzene rings is 1. The molecule has 3 heterocycles. The minimum Gasteiger partial charge on any atom is -0.465 e. The molecule has 0 radical (unpaired) electrons. The van der Waals surface area contributed by atoms with Crippen LogP contribution in [0, 0.1) is 11.3 Å². The number of hydrogen-bond donors (Lipinski definition) is 5. The number of carbonyl (C=O) groups is 2. The second kappa shape index (κ2) is 11.2. The van der Waals surface area contributed by atoms with Crippen LogP contribution in [0.5, 0.6) is 0 Å². The Morgan fingerprint density at radius 2 is 1.80 bits per heavy atom. The fourth-order valence-corrected chi connectivity index (χ4v) is 6.30. The number of aliphatic hydroxyl groups excluding tert-OH is 1. The van der Waals surface area contributed by atoms with E-state index in [0.717, 1.165) is 16.0 Å². The first-order chi connectivity index (χ1) is 18.6. The number of aromatic nitrogens is 1. The molecule has 9 nitrogen and oxygen atoms in total. The number of nitrogens with two attached hydrogens (primary N) is 1. The van der Waals surface area contributed by atoms with Crippen LogP contribution in [0.3, 0.4) is 0 Å². The fourth-order valence-electron chi connectivity index (χ4n) is 5.22. The molecule has 40 heavy (non-hydrogen) atoms. The third-order valence-corrected chi connectivity index (χ3v) is 8.62. The van der Waals surface area contributed by atoms with Gasteiger partial charge in [0.05, 0.1) is 23.0 Å². The molecule has 0 bridgehead atoms. The number of rotatable bonds is 7. The number of primary amides is 1. The number of anilines is 2. The molecule has 0 aliphatic carbocycles. The first kappa shape index (κ1) is 29.5. The van der Waals surface area contributed by atoms with Crippen molar-refractivity contribution in [3.8, 4) is 10.4 Å². The molecule has 214 valence electrons. The maximum atomic E-state index is 12.3. The lowest BCUT2D eigenvalue weighted by Crippen LogP contribution is -2.52. The zero-order valence-corrected chi connectivity index (χ0v) is 24.3. The lowest BCUT2D eigenvalue weighted by Gasteiger charge is -2.45. The standard InChI is InChI=1S/C30H38N4O5S/c1-29(2,3)23-15-18(13-14-34(23)28(37)38)25(35)21-7-6-8-24(32-21)33-27-20(26(31)36)16-22(40-27)17-9-11-19(12-10-17)30(4,5)39/h6-12,16,18,23,25,35,39H,13-15H2,1-5H3,(H2,31,36)(H,32,33)(H,37,38). The van der Waals surface area contributed by atoms with E-state index in [1.54, 1.807) is 38.1 Å². The summed E-state index contributed by atoms with van der Waals surface area (Å²) in [6.45, 7) is 9.84. The van der Waals surface area contributed by atoms with Gasteiger partial charge < -0.3 is 31.3 Å². The van der Waals surface area contributed by atoms with Crippen molar-refractivity contribution in [2.24, 2.45) is 17.1 Å². The molecule has 6 N–H and O–H groups in total. The topological polar surface area (TPSA) is 149 Å². The van der Waals surface area contributed by atoms with Crippen LogP contribution in [0.15, 0.2) is 48.5 Å². The number of amides is 2. The Kier molecular flexibility index (Phi) is 8.26. The molecular weight excluding hydrogens is 528 g/mol. The number of nitrogens with one attached hydrogen (secondary N) is 1. The Labute approximate surface area is 238 Å². The zero-order chi connectivity index (χ0) is 29.4. The van der Waals surface area contributed by atoms with Gasteiger partial charge in [-0.1, -0.05) is 51.1 Å². The van der Waals surface area contributed by atoms with E-state index in [1.165, 1.54) is 16.2 Å². The summed E-state index contributed by atoms with van der Waals surface area (Å²) in [7, 11) is 0. The van der Waals surface area contributed by atoms with Gasteiger partial charge in [-0.05, 0) is 67.3 Å². The SMILES string of the molecule is CC(C)(O)c1ccc(-c2cc(C(N)=O)c(Nc3cccc(C(O)C4CCN(C(=O)O)C(C(C)(C)C)C4)n3)s2)cc1. The number of thiophene rings is 1. The number of piperidine rings is 1. The van der Waals surface area contributed by atoms with Crippen LogP contribution in [0.4, 0.5) is 15.6 Å². The molecule has 2 aromatic heterocycles. The van der Waals surface area contributed by atoms with Crippen molar-refractivity contribution >= 4 is 34.2 Å². The highest BCUT2D eigenvalue weighted by Crippen LogP contribution is 2.40. The summed E-state index contributed by atoms with van der Waals surface area (Å²) in [5.41, 5.74) is 6.92. The van der Waals surface area contributed by atoms with Gasteiger partial charge in [0.25, 0.3) is 5.91 Å². The Balaban J connectivity index is 1.56. The molecule has 1 saturated heterocycles. The van der Waals surface area contributed by atoms with Gasteiger partial charge in [0.1, 0.15) is 10.8 Å². The smallest absolute Gasteiger partial charge is 0.407 e. The average molecular weight is 567 g/mol. The number of carboxylic acid groups (broad SMARTS) is 1. The van der Waals surface area contributed by atoms with Crippen LogP contribution in [0.25, 0.3) is 10.4 Å². The summed E-state index contributed by atoms with van der Waals surface area (Å²) in [5, 5.41) is 34.9. The van der Waals surface area contributed by atoms with Gasteiger partial charge in [0.2, 0.25) is 0 Å². The third kappa shape index (κ3) is 6.46. The summed E-state index contributed by atoms with van der Waals surface area (Å²) in [4.78, 5) is 31.0. The lowest BCUT2D eigenvalue weighted by atomic mass is 9.75. The summed E-state index contributed by atoms with van der Waals surface area (Å²) < 4.78 is 0. The van der Waals surface area contributed by atoms with E-state index >= 15 is 0 Å². The van der Waals surface area contributed by atoms with Crippen LogP contribution < -0.4 is 11.1 Å². The lowest BCUT2D eigenvalue weighted by molar-refractivity contribution is -0.00207. The van der Waals surface area contributed by atoms with Crippen LogP contribution in [-0.2, 0) is 5.60 Å². The molecule has 3 unspecified atom stereocenters. The van der Waals surface area contributed by atoms with Gasteiger partial charge >= 0.3 is 6.09 Å². The average Bonchev–Trinajstić information content (AvgIpc) is 3.31. The Hall–Kier alpha value is -3.47. The van der Waals surface area contributed by atoms with Crippen molar-refractivity contribution < 1.29 is 24.9 Å². The van der Waals surface area contributed by atoms with E-state index in [0.29, 0.717) is 41.5 Å². The number of pyridine rings is 1. The van der Waals surface area contributed by atoms with Crippen molar-refractivity contribution in [1.82, 2.24) is 9.88 Å². The number of nitrogens with zero attached hydrogens (tertiary/aromatic N) is 2. The highest BCUT2D eigenvalue weighted by atomic mass is 32.1. The second-order valence-electron chi connectivity index (χ2n) is 12.0. The van der Waals surface area contributed by atoms with Gasteiger partial charge in [-0.2, -0.15) is 0 Å². The first-order valence-corrected chi connectivity index (χ1v) is 14.2. The summed E-state index contributed by atoms with van der Waals surface area (Å²) in [6, 6.07) is 14.3. The van der Waals surface area contributed by atoms with Crippen molar-refractivity contribution in [3.05, 3.63) is 65.4 Å². The minimum absolute atomic E-state index is 0.149. The number of aliphatic hydroxyl groups is 2. The molecule has 10 heteroatoms. The van der Waals surface area contributed by atoms with E-state index in [2.05, 4.69) is 10.3 Å². The molecular formula is C30H38N4O5S. The van der Waals surface area contributed by atoms with Crippen LogP contribution in [-0.4, -0.2) is 49.8 Å². The molecule has 0 spiro atoms. The van der Waals surface area contributed by atoms with Gasteiger partial charge in [-0.3, -0.25) is 4.79 Å². The minimum atomic E-state index is -0.957. The molecule has 3 atom stereocenters. The molecule has 3 aromatic rings. The predicted molar refractivity (Wildman–Crippen MR) is 157 cm³/mol. The van der Waals surface area contributed by atoms with Crippen LogP contribution >= 0.6 is 11.3 Å². The molecule has 1 aliphatic rings. The van der Waals surface area contributed by atoms with Gasteiger partial charge in [0.15, 0.2) is 0 Å². The van der Waals surface area contributed by atoms with Gasteiger partial charge in [0, 0.05) is 17.5 Å². The number of carbonyl (C=O) groups excluding carboxylic acids is 1. The van der Waals surface area contributed by atoms with Crippen LogP contribution in [0.1, 0.15) is 75.2 Å². The maximum Gasteiger partial charge on any atom is 0.407 e. The Morgan fingerprint density at radius 3 is 2.38 bits per heavy atom. The van der Waals surface area contributed by atoms with E-state index in [4.69, 9.17) is 5.73 Å². The molecule has 0 saturated carbocycles. The zero-order valence-electron chi connectivity index (χ0n) is 23.5. The van der Waals surface area contributed by atoms with E-state index in [9.17, 15) is 24.9 Å². The fraction of sp³-hybridized carbons (Fsp3) is 0.433. The van der Waals surface area contributed by atoms with E-state index in [1.807, 2.05) is 45.0 Å². The quantitative estimate of drug-likeness (QED) is 0.246. The predicted octanol–water partition coefficient (Wildman–Crippen LogP) is 5.72. The normalized spacial score (nSPS) is 18.8. The van der Waals surface area contributed by atoms with Crippen molar-refractivity contribution in [2.45, 2.75) is 65.2 Å².